The van der Waals surface area contributed by atoms with Crippen molar-refractivity contribution in [2.24, 2.45) is 17.8 Å². The van der Waals surface area contributed by atoms with Gasteiger partial charge in [0.25, 0.3) is 0 Å². The number of nitrogens with one attached hydrogen (secondary N) is 1. The van der Waals surface area contributed by atoms with Gasteiger partial charge in [0.05, 0.1) is 0 Å². The van der Waals surface area contributed by atoms with E-state index in [0.29, 0.717) is 5.78 Å². The molecule has 1 N–H and O–H groups in total. The van der Waals surface area contributed by atoms with Crippen molar-refractivity contribution in [3.8, 4) is 0 Å². The molecule has 0 bridgehead atoms. The minimum atomic E-state index is 0.285. The van der Waals surface area contributed by atoms with Crippen LogP contribution in [0, 0.1) is 24.7 Å². The number of H-pyrrole nitrogens is 1. The van der Waals surface area contributed by atoms with Gasteiger partial charge in [0.15, 0.2) is 5.78 Å². The van der Waals surface area contributed by atoms with Crippen LogP contribution in [0.5, 0.6) is 0 Å². The average molecular weight is 239 g/mol. The van der Waals surface area contributed by atoms with E-state index in [4.69, 9.17) is 0 Å². The number of aryl methyl sites for hydroxylation is 1. The van der Waals surface area contributed by atoms with Crippen LogP contribution in [0.15, 0.2) is 24.4 Å². The predicted octanol–water partition coefficient (Wildman–Crippen LogP) is 3.71. The Hall–Kier alpha value is -1.57. The summed E-state index contributed by atoms with van der Waals surface area (Å²) in [6.07, 6.45) is 5.53. The van der Waals surface area contributed by atoms with Gasteiger partial charge in [0, 0.05) is 28.6 Å². The van der Waals surface area contributed by atoms with Gasteiger partial charge in [0.1, 0.15) is 0 Å². The highest BCUT2D eigenvalue weighted by molar-refractivity contribution is 6.10. The van der Waals surface area contributed by atoms with Crippen LogP contribution in [0.3, 0.4) is 0 Å². The second kappa shape index (κ2) is 3.47. The van der Waals surface area contributed by atoms with Crippen LogP contribution in [-0.4, -0.2) is 10.8 Å². The zero-order valence-corrected chi connectivity index (χ0v) is 10.6. The number of carbonyl (C=O) groups is 1. The molecule has 2 unspecified atom stereocenters. The van der Waals surface area contributed by atoms with Gasteiger partial charge in [-0.2, -0.15) is 0 Å². The van der Waals surface area contributed by atoms with E-state index in [0.717, 1.165) is 41.1 Å². The first-order valence-electron chi connectivity index (χ1n) is 6.85. The van der Waals surface area contributed by atoms with E-state index < -0.39 is 0 Å². The van der Waals surface area contributed by atoms with Gasteiger partial charge in [0.2, 0.25) is 0 Å². The van der Waals surface area contributed by atoms with E-state index in [1.807, 2.05) is 18.3 Å². The Kier molecular flexibility index (Phi) is 2.00. The van der Waals surface area contributed by atoms with E-state index in [2.05, 4.69) is 18.0 Å². The van der Waals surface area contributed by atoms with E-state index in [-0.39, 0.29) is 5.92 Å². The fourth-order valence-corrected chi connectivity index (χ4v) is 3.71. The van der Waals surface area contributed by atoms with Crippen molar-refractivity contribution in [2.45, 2.75) is 26.2 Å². The third-order valence-corrected chi connectivity index (χ3v) is 4.79. The van der Waals surface area contributed by atoms with Crippen LogP contribution < -0.4 is 0 Å². The number of hydrogen-bond acceptors (Lipinski definition) is 1. The van der Waals surface area contributed by atoms with Gasteiger partial charge in [-0.15, -0.1) is 0 Å². The highest BCUT2D eigenvalue weighted by atomic mass is 16.1. The third-order valence-electron chi connectivity index (χ3n) is 4.79. The van der Waals surface area contributed by atoms with Gasteiger partial charge in [-0.25, -0.2) is 0 Å². The first kappa shape index (κ1) is 10.4. The Bertz CT molecular complexity index is 630. The summed E-state index contributed by atoms with van der Waals surface area (Å²) < 4.78 is 0. The van der Waals surface area contributed by atoms with Crippen molar-refractivity contribution in [1.29, 1.82) is 0 Å². The monoisotopic (exact) mass is 239 g/mol. The quantitative estimate of drug-likeness (QED) is 0.796. The van der Waals surface area contributed by atoms with E-state index in [9.17, 15) is 4.79 Å². The Morgan fingerprint density at radius 1 is 1.22 bits per heavy atom. The minimum absolute atomic E-state index is 0.285. The van der Waals surface area contributed by atoms with Crippen molar-refractivity contribution in [1.82, 2.24) is 4.98 Å². The van der Waals surface area contributed by atoms with E-state index >= 15 is 0 Å². The Morgan fingerprint density at radius 3 is 2.78 bits per heavy atom. The summed E-state index contributed by atoms with van der Waals surface area (Å²) in [5.41, 5.74) is 3.19. The number of Topliss-reactive ketones (excluding diaryl/α,β-unsaturated/α-hetero) is 1. The summed E-state index contributed by atoms with van der Waals surface area (Å²) >= 11 is 0. The molecule has 1 aromatic heterocycles. The standard InChI is InChI=1S/C16H17NO/c1-9-3-2-4-14-15(9)13(8-17-14)16(18)12-6-10-5-11(10)7-12/h2-4,8,10-12,17H,5-7H2,1H3. The maximum absolute atomic E-state index is 12.6. The Morgan fingerprint density at radius 2 is 2.00 bits per heavy atom. The van der Waals surface area contributed by atoms with Crippen molar-refractivity contribution >= 4 is 16.7 Å². The molecule has 0 radical (unpaired) electrons. The predicted molar refractivity (Wildman–Crippen MR) is 71.7 cm³/mol. The van der Waals surface area contributed by atoms with E-state index in [1.165, 1.54) is 12.0 Å². The molecule has 2 fully saturated rings. The smallest absolute Gasteiger partial charge is 0.168 e. The third kappa shape index (κ3) is 1.38. The minimum Gasteiger partial charge on any atom is -0.360 e. The number of carbonyl (C=O) groups excluding carboxylic acids is 1. The first-order chi connectivity index (χ1) is 8.74. The van der Waals surface area contributed by atoms with Crippen LogP contribution in [0.1, 0.15) is 35.2 Å². The largest absolute Gasteiger partial charge is 0.360 e. The number of benzene rings is 1. The van der Waals surface area contributed by atoms with E-state index in [1.54, 1.807) is 0 Å². The van der Waals surface area contributed by atoms with Crippen LogP contribution in [-0.2, 0) is 0 Å². The zero-order chi connectivity index (χ0) is 12.3. The number of rotatable bonds is 2. The van der Waals surface area contributed by atoms with Crippen molar-refractivity contribution in [2.75, 3.05) is 0 Å². The molecule has 92 valence electrons. The summed E-state index contributed by atoms with van der Waals surface area (Å²) in [6.45, 7) is 2.08. The molecule has 2 saturated carbocycles. The molecule has 0 amide bonds. The van der Waals surface area contributed by atoms with Gasteiger partial charge in [-0.1, -0.05) is 12.1 Å². The number of hydrogen-bond donors (Lipinski definition) is 1. The molecule has 2 aliphatic carbocycles. The molecule has 2 aliphatic rings. The molecule has 2 atom stereocenters. The average Bonchev–Trinajstić information content (AvgIpc) is 2.81. The molecular weight excluding hydrogens is 222 g/mol. The highest BCUT2D eigenvalue weighted by Crippen LogP contribution is 2.55. The van der Waals surface area contributed by atoms with Crippen molar-refractivity contribution in [3.05, 3.63) is 35.5 Å². The zero-order valence-electron chi connectivity index (χ0n) is 10.6. The number of aromatic nitrogens is 1. The second-order valence-electron chi connectivity index (χ2n) is 5.99. The molecule has 2 heteroatoms. The summed E-state index contributed by atoms with van der Waals surface area (Å²) in [6, 6.07) is 6.16. The van der Waals surface area contributed by atoms with Crippen LogP contribution >= 0.6 is 0 Å². The molecule has 0 aliphatic heterocycles. The number of aromatic amines is 1. The molecule has 18 heavy (non-hydrogen) atoms. The maximum atomic E-state index is 12.6. The fraction of sp³-hybridized carbons (Fsp3) is 0.438. The SMILES string of the molecule is Cc1cccc2[nH]cc(C(=O)C3CC4CC4C3)c12. The number of ketones is 1. The lowest BCUT2D eigenvalue weighted by Crippen LogP contribution is -2.12. The number of fused-ring (bicyclic) bond motifs is 2. The van der Waals surface area contributed by atoms with Crippen molar-refractivity contribution in [3.63, 3.8) is 0 Å². The Labute approximate surface area is 106 Å². The van der Waals surface area contributed by atoms with Gasteiger partial charge in [-0.05, 0) is 49.7 Å². The second-order valence-corrected chi connectivity index (χ2v) is 5.99. The van der Waals surface area contributed by atoms with Crippen LogP contribution in [0.4, 0.5) is 0 Å². The summed E-state index contributed by atoms with van der Waals surface area (Å²) in [7, 11) is 0. The molecule has 4 rings (SSSR count). The van der Waals surface area contributed by atoms with Gasteiger partial charge >= 0.3 is 0 Å². The summed E-state index contributed by atoms with van der Waals surface area (Å²) in [5.74, 6) is 2.38. The summed E-state index contributed by atoms with van der Waals surface area (Å²) in [4.78, 5) is 15.9. The molecule has 1 heterocycles. The maximum Gasteiger partial charge on any atom is 0.168 e. The summed E-state index contributed by atoms with van der Waals surface area (Å²) in [5, 5.41) is 1.13. The lowest BCUT2D eigenvalue weighted by molar-refractivity contribution is 0.0916. The Balaban J connectivity index is 1.75. The normalized spacial score (nSPS) is 29.5. The lowest BCUT2D eigenvalue weighted by atomic mass is 9.92. The molecular formula is C16H17NO. The first-order valence-corrected chi connectivity index (χ1v) is 6.85. The molecule has 2 aromatic rings. The highest BCUT2D eigenvalue weighted by Gasteiger charge is 2.48. The fourth-order valence-electron chi connectivity index (χ4n) is 3.71. The molecule has 0 spiro atoms. The van der Waals surface area contributed by atoms with Crippen LogP contribution in [0.2, 0.25) is 0 Å². The van der Waals surface area contributed by atoms with Gasteiger partial charge < -0.3 is 4.98 Å². The molecule has 2 nitrogen and oxygen atoms in total. The topological polar surface area (TPSA) is 32.9 Å². The van der Waals surface area contributed by atoms with Gasteiger partial charge in [-0.3, -0.25) is 4.79 Å². The molecule has 0 saturated heterocycles. The van der Waals surface area contributed by atoms with Crippen LogP contribution in [0.25, 0.3) is 10.9 Å². The molecule has 1 aromatic carbocycles. The lowest BCUT2D eigenvalue weighted by Gasteiger charge is -2.10. The van der Waals surface area contributed by atoms with Crippen molar-refractivity contribution < 1.29 is 4.79 Å².